The summed E-state index contributed by atoms with van der Waals surface area (Å²) in [6.07, 6.45) is 4.72. The Morgan fingerprint density at radius 1 is 1.15 bits per heavy atom. The van der Waals surface area contributed by atoms with Crippen molar-refractivity contribution >= 4 is 5.97 Å². The second-order valence-electron chi connectivity index (χ2n) is 8.76. The first kappa shape index (κ1) is 21.0. The predicted molar refractivity (Wildman–Crippen MR) is 106 cm³/mol. The summed E-state index contributed by atoms with van der Waals surface area (Å²) in [5.74, 6) is 0.885. The number of esters is 1. The highest BCUT2D eigenvalue weighted by Gasteiger charge is 2.50. The van der Waals surface area contributed by atoms with Crippen molar-refractivity contribution in [2.24, 2.45) is 17.3 Å². The molecule has 0 amide bonds. The third kappa shape index (κ3) is 5.57. The average molecular weight is 361 g/mol. The maximum atomic E-state index is 13.0. The van der Waals surface area contributed by atoms with Crippen LogP contribution in [0.2, 0.25) is 0 Å². The van der Waals surface area contributed by atoms with Crippen molar-refractivity contribution in [2.75, 3.05) is 6.61 Å². The second-order valence-corrected chi connectivity index (χ2v) is 8.76. The van der Waals surface area contributed by atoms with Gasteiger partial charge in [0.15, 0.2) is 0 Å². The molecular formula is C23H36O3. The van der Waals surface area contributed by atoms with E-state index in [2.05, 4.69) is 58.9 Å². The third-order valence-corrected chi connectivity index (χ3v) is 5.40. The Kier molecular flexibility index (Phi) is 7.69. The van der Waals surface area contributed by atoms with Crippen LogP contribution in [0.3, 0.4) is 0 Å². The Balaban J connectivity index is 2.09. The first-order valence-electron chi connectivity index (χ1n) is 10.2. The van der Waals surface area contributed by atoms with Crippen molar-refractivity contribution in [1.29, 1.82) is 0 Å². The molecule has 1 fully saturated rings. The van der Waals surface area contributed by atoms with Crippen LogP contribution in [0.15, 0.2) is 24.3 Å². The van der Waals surface area contributed by atoms with Gasteiger partial charge in [0, 0.05) is 0 Å². The third-order valence-electron chi connectivity index (χ3n) is 5.40. The number of carbonyl (C=O) groups excluding carboxylic acids is 1. The first-order valence-corrected chi connectivity index (χ1v) is 10.2. The van der Waals surface area contributed by atoms with E-state index in [1.54, 1.807) is 0 Å². The molecule has 1 aromatic carbocycles. The lowest BCUT2D eigenvalue weighted by atomic mass is 9.78. The summed E-state index contributed by atoms with van der Waals surface area (Å²) < 4.78 is 12.0. The van der Waals surface area contributed by atoms with E-state index in [1.165, 1.54) is 5.56 Å². The maximum absolute atomic E-state index is 13.0. The highest BCUT2D eigenvalue weighted by atomic mass is 16.5. The average Bonchev–Trinajstić information content (AvgIpc) is 3.01. The number of carbonyl (C=O) groups is 1. The molecule has 1 saturated carbocycles. The normalized spacial score (nSPS) is 23.0. The molecule has 0 N–H and O–H groups in total. The smallest absolute Gasteiger partial charge is 0.314 e. The van der Waals surface area contributed by atoms with Gasteiger partial charge in [0.25, 0.3) is 0 Å². The summed E-state index contributed by atoms with van der Waals surface area (Å²) in [7, 11) is 0. The fraction of sp³-hybridized carbons (Fsp3) is 0.696. The maximum Gasteiger partial charge on any atom is 0.314 e. The highest BCUT2D eigenvalue weighted by Crippen LogP contribution is 2.46. The Bertz CT molecular complexity index is 561. The summed E-state index contributed by atoms with van der Waals surface area (Å²) >= 11 is 0. The molecule has 26 heavy (non-hydrogen) atoms. The SMILES string of the molecule is Cc1ccc(COC2CCCC2(CCC(C)C)C(=O)OCC(C)C)cc1. The van der Waals surface area contributed by atoms with Gasteiger partial charge in [-0.15, -0.1) is 0 Å². The van der Waals surface area contributed by atoms with Crippen LogP contribution in [0.5, 0.6) is 0 Å². The second kappa shape index (κ2) is 9.55. The van der Waals surface area contributed by atoms with Crippen LogP contribution in [0.4, 0.5) is 0 Å². The molecule has 0 saturated heterocycles. The Labute approximate surface area is 159 Å². The van der Waals surface area contributed by atoms with Crippen LogP contribution < -0.4 is 0 Å². The van der Waals surface area contributed by atoms with Crippen LogP contribution in [0, 0.1) is 24.2 Å². The minimum Gasteiger partial charge on any atom is -0.465 e. The van der Waals surface area contributed by atoms with Gasteiger partial charge in [0.1, 0.15) is 0 Å². The van der Waals surface area contributed by atoms with Crippen molar-refractivity contribution in [1.82, 2.24) is 0 Å². The molecule has 2 atom stereocenters. The lowest BCUT2D eigenvalue weighted by molar-refractivity contribution is -0.167. The lowest BCUT2D eigenvalue weighted by Crippen LogP contribution is -2.42. The van der Waals surface area contributed by atoms with Gasteiger partial charge in [0.05, 0.1) is 24.7 Å². The van der Waals surface area contributed by atoms with Crippen LogP contribution >= 0.6 is 0 Å². The lowest BCUT2D eigenvalue weighted by Gasteiger charge is -2.34. The molecular weight excluding hydrogens is 324 g/mol. The fourth-order valence-corrected chi connectivity index (χ4v) is 3.72. The van der Waals surface area contributed by atoms with Gasteiger partial charge in [-0.25, -0.2) is 0 Å². The quantitative estimate of drug-likeness (QED) is 0.531. The largest absolute Gasteiger partial charge is 0.465 e. The van der Waals surface area contributed by atoms with E-state index in [4.69, 9.17) is 9.47 Å². The van der Waals surface area contributed by atoms with Gasteiger partial charge in [-0.2, -0.15) is 0 Å². The van der Waals surface area contributed by atoms with Crippen LogP contribution in [0.25, 0.3) is 0 Å². The van der Waals surface area contributed by atoms with Gasteiger partial charge < -0.3 is 9.47 Å². The summed E-state index contributed by atoms with van der Waals surface area (Å²) in [4.78, 5) is 13.0. The van der Waals surface area contributed by atoms with Crippen molar-refractivity contribution in [2.45, 2.75) is 79.4 Å². The highest BCUT2D eigenvalue weighted by molar-refractivity contribution is 5.78. The standard InChI is InChI=1S/C23H36O3/c1-17(2)12-14-23(22(24)26-15-18(3)4)13-6-7-21(23)25-16-20-10-8-19(5)9-11-20/h8-11,17-18,21H,6-7,12-16H2,1-5H3. The molecule has 1 aliphatic carbocycles. The monoisotopic (exact) mass is 360 g/mol. The van der Waals surface area contributed by atoms with Gasteiger partial charge in [-0.05, 0) is 56.4 Å². The summed E-state index contributed by atoms with van der Waals surface area (Å²) in [6, 6.07) is 8.43. The molecule has 2 rings (SSSR count). The summed E-state index contributed by atoms with van der Waals surface area (Å²) in [5.41, 5.74) is 1.94. The minimum atomic E-state index is -0.468. The zero-order valence-electron chi connectivity index (χ0n) is 17.2. The first-order chi connectivity index (χ1) is 12.3. The van der Waals surface area contributed by atoms with Gasteiger partial charge in [-0.3, -0.25) is 4.79 Å². The molecule has 0 aliphatic heterocycles. The van der Waals surface area contributed by atoms with E-state index in [9.17, 15) is 4.79 Å². The van der Waals surface area contributed by atoms with Crippen LogP contribution in [-0.4, -0.2) is 18.7 Å². The molecule has 3 heteroatoms. The molecule has 3 nitrogen and oxygen atoms in total. The minimum absolute atomic E-state index is 0.0396. The van der Waals surface area contributed by atoms with Crippen molar-refractivity contribution in [3.05, 3.63) is 35.4 Å². The van der Waals surface area contributed by atoms with E-state index < -0.39 is 5.41 Å². The molecule has 2 unspecified atom stereocenters. The number of aryl methyl sites for hydroxylation is 1. The van der Waals surface area contributed by atoms with Crippen LogP contribution in [0.1, 0.15) is 70.9 Å². The Morgan fingerprint density at radius 3 is 2.46 bits per heavy atom. The zero-order valence-corrected chi connectivity index (χ0v) is 17.2. The summed E-state index contributed by atoms with van der Waals surface area (Å²) in [5, 5.41) is 0. The van der Waals surface area contributed by atoms with E-state index in [0.29, 0.717) is 25.0 Å². The molecule has 0 spiro atoms. The van der Waals surface area contributed by atoms with Crippen molar-refractivity contribution < 1.29 is 14.3 Å². The number of rotatable bonds is 9. The number of benzene rings is 1. The zero-order chi connectivity index (χ0) is 19.2. The number of hydrogen-bond acceptors (Lipinski definition) is 3. The van der Waals surface area contributed by atoms with Crippen LogP contribution in [-0.2, 0) is 20.9 Å². The van der Waals surface area contributed by atoms with Crippen molar-refractivity contribution in [3.63, 3.8) is 0 Å². The van der Waals surface area contributed by atoms with E-state index in [1.807, 2.05) is 0 Å². The topological polar surface area (TPSA) is 35.5 Å². The molecule has 0 heterocycles. The Hall–Kier alpha value is -1.35. The van der Waals surface area contributed by atoms with E-state index >= 15 is 0 Å². The van der Waals surface area contributed by atoms with E-state index in [0.717, 1.165) is 37.7 Å². The number of ether oxygens (including phenoxy) is 2. The predicted octanol–water partition coefficient (Wildman–Crippen LogP) is 5.69. The molecule has 0 radical (unpaired) electrons. The molecule has 1 aliphatic rings. The molecule has 146 valence electrons. The molecule has 0 aromatic heterocycles. The van der Waals surface area contributed by atoms with Crippen molar-refractivity contribution in [3.8, 4) is 0 Å². The molecule has 0 bridgehead atoms. The number of hydrogen-bond donors (Lipinski definition) is 0. The van der Waals surface area contributed by atoms with Gasteiger partial charge in [-0.1, -0.05) is 57.5 Å². The summed E-state index contributed by atoms with van der Waals surface area (Å²) in [6.45, 7) is 11.7. The fourth-order valence-electron chi connectivity index (χ4n) is 3.72. The molecule has 1 aromatic rings. The Morgan fingerprint density at radius 2 is 1.85 bits per heavy atom. The van der Waals surface area contributed by atoms with Gasteiger partial charge in [0.2, 0.25) is 0 Å². The van der Waals surface area contributed by atoms with E-state index in [-0.39, 0.29) is 12.1 Å². The van der Waals surface area contributed by atoms with Gasteiger partial charge >= 0.3 is 5.97 Å².